The summed E-state index contributed by atoms with van der Waals surface area (Å²) >= 11 is 0. The summed E-state index contributed by atoms with van der Waals surface area (Å²) in [6.07, 6.45) is 0. The quantitative estimate of drug-likeness (QED) is 0.672. The van der Waals surface area contributed by atoms with Crippen LogP contribution < -0.4 is 4.74 Å². The number of aromatic nitrogens is 1. The van der Waals surface area contributed by atoms with Crippen molar-refractivity contribution in [1.29, 1.82) is 0 Å². The molecule has 0 bridgehead atoms. The number of hydrogen-bond acceptors (Lipinski definition) is 4. The van der Waals surface area contributed by atoms with Crippen molar-refractivity contribution in [1.82, 2.24) is 4.98 Å². The van der Waals surface area contributed by atoms with E-state index in [0.717, 1.165) is 0 Å². The SMILES string of the molecule is COc1ccc(CO)c(CO)n1. The number of nitrogens with zero attached hydrogens (tertiary/aromatic N) is 1. The molecule has 1 rings (SSSR count). The molecule has 0 fully saturated rings. The van der Waals surface area contributed by atoms with E-state index in [9.17, 15) is 0 Å². The van der Waals surface area contributed by atoms with E-state index >= 15 is 0 Å². The second kappa shape index (κ2) is 4.04. The van der Waals surface area contributed by atoms with E-state index in [-0.39, 0.29) is 13.2 Å². The van der Waals surface area contributed by atoms with Gasteiger partial charge in [-0.3, -0.25) is 0 Å². The summed E-state index contributed by atoms with van der Waals surface area (Å²) < 4.78 is 4.85. The zero-order chi connectivity index (χ0) is 8.97. The second-order valence-electron chi connectivity index (χ2n) is 2.28. The van der Waals surface area contributed by atoms with Crippen LogP contribution in [0, 0.1) is 0 Å². The molecule has 0 unspecified atom stereocenters. The lowest BCUT2D eigenvalue weighted by Crippen LogP contribution is -1.99. The van der Waals surface area contributed by atoms with Crippen LogP contribution in [0.25, 0.3) is 0 Å². The van der Waals surface area contributed by atoms with E-state index in [4.69, 9.17) is 14.9 Å². The Morgan fingerprint density at radius 3 is 2.58 bits per heavy atom. The van der Waals surface area contributed by atoms with E-state index in [2.05, 4.69) is 4.98 Å². The maximum atomic E-state index is 8.84. The predicted octanol–water partition coefficient (Wildman–Crippen LogP) is 0.0748. The van der Waals surface area contributed by atoms with Crippen molar-refractivity contribution in [3.8, 4) is 5.88 Å². The third kappa shape index (κ3) is 1.72. The Bertz CT molecular complexity index is 262. The first-order chi connectivity index (χ1) is 5.81. The Morgan fingerprint density at radius 2 is 2.08 bits per heavy atom. The van der Waals surface area contributed by atoms with Crippen molar-refractivity contribution < 1.29 is 14.9 Å². The van der Waals surface area contributed by atoms with Gasteiger partial charge in [0.25, 0.3) is 0 Å². The predicted molar refractivity (Wildman–Crippen MR) is 42.6 cm³/mol. The van der Waals surface area contributed by atoms with Gasteiger partial charge in [0.2, 0.25) is 5.88 Å². The standard InChI is InChI=1S/C8H11NO3/c1-12-8-3-2-6(4-10)7(5-11)9-8/h2-3,10-11H,4-5H2,1H3. The van der Waals surface area contributed by atoms with Gasteiger partial charge in [0.15, 0.2) is 0 Å². The highest BCUT2D eigenvalue weighted by molar-refractivity contribution is 5.24. The first kappa shape index (κ1) is 8.96. The fourth-order valence-electron chi connectivity index (χ4n) is 0.905. The summed E-state index contributed by atoms with van der Waals surface area (Å²) in [4.78, 5) is 3.95. The first-order valence-corrected chi connectivity index (χ1v) is 3.56. The number of aliphatic hydroxyl groups is 2. The highest BCUT2D eigenvalue weighted by Crippen LogP contribution is 2.12. The molecule has 12 heavy (non-hydrogen) atoms. The van der Waals surface area contributed by atoms with Crippen molar-refractivity contribution in [2.75, 3.05) is 7.11 Å². The molecule has 0 aromatic carbocycles. The molecule has 0 aliphatic carbocycles. The van der Waals surface area contributed by atoms with Crippen LogP contribution in [0.3, 0.4) is 0 Å². The van der Waals surface area contributed by atoms with E-state index in [0.29, 0.717) is 17.1 Å². The molecule has 0 aliphatic heterocycles. The monoisotopic (exact) mass is 169 g/mol. The van der Waals surface area contributed by atoms with Gasteiger partial charge in [0, 0.05) is 11.6 Å². The van der Waals surface area contributed by atoms with Gasteiger partial charge in [-0.05, 0) is 6.07 Å². The van der Waals surface area contributed by atoms with E-state index in [1.165, 1.54) is 7.11 Å². The van der Waals surface area contributed by atoms with Gasteiger partial charge in [-0.15, -0.1) is 0 Å². The molecule has 66 valence electrons. The lowest BCUT2D eigenvalue weighted by atomic mass is 10.2. The maximum absolute atomic E-state index is 8.84. The molecular weight excluding hydrogens is 158 g/mol. The Balaban J connectivity index is 3.02. The topological polar surface area (TPSA) is 62.6 Å². The minimum atomic E-state index is -0.187. The molecule has 0 saturated carbocycles. The molecule has 0 radical (unpaired) electrons. The van der Waals surface area contributed by atoms with Crippen LogP contribution in [0.5, 0.6) is 5.88 Å². The number of methoxy groups -OCH3 is 1. The highest BCUT2D eigenvalue weighted by atomic mass is 16.5. The van der Waals surface area contributed by atoms with Crippen molar-refractivity contribution in [3.05, 3.63) is 23.4 Å². The van der Waals surface area contributed by atoms with E-state index in [1.807, 2.05) is 0 Å². The van der Waals surface area contributed by atoms with Gasteiger partial charge in [0.05, 0.1) is 26.0 Å². The molecule has 0 saturated heterocycles. The summed E-state index contributed by atoms with van der Waals surface area (Å²) in [5.41, 5.74) is 1.08. The van der Waals surface area contributed by atoms with Crippen LogP contribution in [0.2, 0.25) is 0 Å². The first-order valence-electron chi connectivity index (χ1n) is 3.56. The molecule has 2 N–H and O–H groups in total. The van der Waals surface area contributed by atoms with E-state index in [1.54, 1.807) is 12.1 Å². The van der Waals surface area contributed by atoms with E-state index < -0.39 is 0 Å². The number of pyridine rings is 1. The average molecular weight is 169 g/mol. The fourth-order valence-corrected chi connectivity index (χ4v) is 0.905. The summed E-state index contributed by atoms with van der Waals surface area (Å²) in [5, 5.41) is 17.7. The lowest BCUT2D eigenvalue weighted by molar-refractivity contribution is 0.253. The van der Waals surface area contributed by atoms with Gasteiger partial charge < -0.3 is 14.9 Å². The zero-order valence-corrected chi connectivity index (χ0v) is 6.82. The summed E-state index contributed by atoms with van der Waals surface area (Å²) in [6, 6.07) is 3.32. The van der Waals surface area contributed by atoms with Crippen LogP contribution in [0.4, 0.5) is 0 Å². The normalized spacial score (nSPS) is 9.92. The summed E-state index contributed by atoms with van der Waals surface area (Å²) in [7, 11) is 1.50. The second-order valence-corrected chi connectivity index (χ2v) is 2.28. The third-order valence-corrected chi connectivity index (χ3v) is 1.57. The van der Waals surface area contributed by atoms with Gasteiger partial charge in [-0.2, -0.15) is 0 Å². The molecule has 0 atom stereocenters. The Hall–Kier alpha value is -1.13. The van der Waals surface area contributed by atoms with Crippen LogP contribution in [0.15, 0.2) is 12.1 Å². The lowest BCUT2D eigenvalue weighted by Gasteiger charge is -2.05. The van der Waals surface area contributed by atoms with Crippen LogP contribution in [-0.4, -0.2) is 22.3 Å². The number of aliphatic hydroxyl groups excluding tert-OH is 2. The molecule has 0 aliphatic rings. The molecule has 4 heteroatoms. The third-order valence-electron chi connectivity index (χ3n) is 1.57. The van der Waals surface area contributed by atoms with Crippen molar-refractivity contribution in [3.63, 3.8) is 0 Å². The molecule has 1 aromatic rings. The maximum Gasteiger partial charge on any atom is 0.213 e. The molecule has 0 spiro atoms. The summed E-state index contributed by atoms with van der Waals surface area (Å²) in [5.74, 6) is 0.441. The number of hydrogen-bond donors (Lipinski definition) is 2. The minimum Gasteiger partial charge on any atom is -0.481 e. The van der Waals surface area contributed by atoms with Gasteiger partial charge in [-0.25, -0.2) is 4.98 Å². The molecule has 1 heterocycles. The van der Waals surface area contributed by atoms with Gasteiger partial charge in [0.1, 0.15) is 0 Å². The minimum absolute atomic E-state index is 0.118. The van der Waals surface area contributed by atoms with Crippen LogP contribution in [-0.2, 0) is 13.2 Å². The van der Waals surface area contributed by atoms with Crippen molar-refractivity contribution >= 4 is 0 Å². The average Bonchev–Trinajstić information content (AvgIpc) is 2.16. The molecule has 0 amide bonds. The molecule has 1 aromatic heterocycles. The molecular formula is C8H11NO3. The Kier molecular flexibility index (Phi) is 3.01. The van der Waals surface area contributed by atoms with Gasteiger partial charge >= 0.3 is 0 Å². The van der Waals surface area contributed by atoms with Crippen molar-refractivity contribution in [2.45, 2.75) is 13.2 Å². The number of rotatable bonds is 3. The fraction of sp³-hybridized carbons (Fsp3) is 0.375. The van der Waals surface area contributed by atoms with Gasteiger partial charge in [-0.1, -0.05) is 0 Å². The highest BCUT2D eigenvalue weighted by Gasteiger charge is 2.03. The van der Waals surface area contributed by atoms with Crippen LogP contribution in [0.1, 0.15) is 11.3 Å². The Labute approximate surface area is 70.4 Å². The largest absolute Gasteiger partial charge is 0.481 e. The van der Waals surface area contributed by atoms with Crippen LogP contribution >= 0.6 is 0 Å². The summed E-state index contributed by atoms with van der Waals surface area (Å²) in [6.45, 7) is -0.306. The number of ether oxygens (including phenoxy) is 1. The molecule has 4 nitrogen and oxygen atoms in total. The Morgan fingerprint density at radius 1 is 1.33 bits per heavy atom. The van der Waals surface area contributed by atoms with Crippen molar-refractivity contribution in [2.24, 2.45) is 0 Å². The smallest absolute Gasteiger partial charge is 0.213 e. The zero-order valence-electron chi connectivity index (χ0n) is 6.82.